The molecule has 0 saturated carbocycles. The number of carbonyl (C=O) groups excluding carboxylic acids is 1. The molecule has 0 amide bonds. The Morgan fingerprint density at radius 3 is 1.87 bits per heavy atom. The zero-order valence-corrected chi connectivity index (χ0v) is 8.55. The van der Waals surface area contributed by atoms with E-state index < -0.39 is 34.3 Å². The highest BCUT2D eigenvalue weighted by Crippen LogP contribution is 2.30. The number of hydrogen-bond acceptors (Lipinski definition) is 10. The number of hydrogen-bond donors (Lipinski definition) is 0. The predicted molar refractivity (Wildman–Crippen MR) is 31.0 cm³/mol. The van der Waals surface area contributed by atoms with Crippen LogP contribution in [0, 0.1) is 0 Å². The normalized spacial score (nSPS) is 14.9. The molecule has 0 fully saturated rings. The number of carboxylic acid groups (broad SMARTS) is 1. The Kier molecular flexibility index (Phi) is 5.04. The van der Waals surface area contributed by atoms with E-state index in [9.17, 15) is 38.6 Å². The number of phosphoric ester groups is 2. The summed E-state index contributed by atoms with van der Waals surface area (Å²) in [5, 5.41) is 10.1. The van der Waals surface area contributed by atoms with Crippen molar-refractivity contribution >= 4 is 21.6 Å². The molecule has 1 atom stereocenters. The van der Waals surface area contributed by atoms with Crippen LogP contribution in [-0.2, 0) is 23.0 Å². The van der Waals surface area contributed by atoms with Gasteiger partial charge in [-0.15, -0.1) is 0 Å². The zero-order valence-electron chi connectivity index (χ0n) is 6.76. The molecule has 0 saturated heterocycles. The smallest absolute Gasteiger partial charge is 0.126 e. The topological polar surface area (TPSA) is 185 Å². The third kappa shape index (κ3) is 8.67. The Morgan fingerprint density at radius 2 is 1.60 bits per heavy atom. The molecule has 10 nitrogen and oxygen atoms in total. The molecule has 12 heteroatoms. The van der Waals surface area contributed by atoms with Crippen LogP contribution in [0.4, 0.5) is 0 Å². The first-order chi connectivity index (χ1) is 6.51. The van der Waals surface area contributed by atoms with Gasteiger partial charge in [0.15, 0.2) is 0 Å². The maximum atomic E-state index is 10.1. The molecule has 0 aromatic heterocycles. The lowest BCUT2D eigenvalue weighted by Crippen LogP contribution is -2.42. The Hall–Kier alpha value is -0.310. The van der Waals surface area contributed by atoms with Crippen LogP contribution in [0.25, 0.3) is 0 Å². The quantitative estimate of drug-likeness (QED) is 0.418. The number of aliphatic carboxylic acids is 1. The largest absolute Gasteiger partial charge is 0.790 e. The summed E-state index contributed by atoms with van der Waals surface area (Å²) in [6.07, 6.45) is -2.48. The molecular weight excluding hydrogens is 258 g/mol. The fourth-order valence-corrected chi connectivity index (χ4v) is 1.23. The summed E-state index contributed by atoms with van der Waals surface area (Å²) < 4.78 is 26.6. The molecule has 0 spiro atoms. The van der Waals surface area contributed by atoms with Crippen molar-refractivity contribution < 1.29 is 47.7 Å². The van der Waals surface area contributed by atoms with Gasteiger partial charge in [0.1, 0.15) is 6.10 Å². The zero-order chi connectivity index (χ0) is 12.3. The van der Waals surface area contributed by atoms with E-state index in [4.69, 9.17) is 0 Å². The van der Waals surface area contributed by atoms with Crippen molar-refractivity contribution in [1.29, 1.82) is 0 Å². The van der Waals surface area contributed by atoms with Crippen LogP contribution in [0.5, 0.6) is 0 Å². The second-order valence-electron chi connectivity index (χ2n) is 2.10. The van der Waals surface area contributed by atoms with Gasteiger partial charge in [0.05, 0.1) is 28.2 Å². The monoisotopic (exact) mass is 261 g/mol. The van der Waals surface area contributed by atoms with Gasteiger partial charge in [0.25, 0.3) is 0 Å². The van der Waals surface area contributed by atoms with Gasteiger partial charge in [-0.05, 0) is 0 Å². The highest BCUT2D eigenvalue weighted by atomic mass is 31.2. The first kappa shape index (κ1) is 14.7. The van der Waals surface area contributed by atoms with Crippen molar-refractivity contribution in [3.05, 3.63) is 0 Å². The van der Waals surface area contributed by atoms with E-state index in [0.717, 1.165) is 0 Å². The predicted octanol–water partition coefficient (Wildman–Crippen LogP) is -5.20. The molecule has 0 aromatic rings. The molecule has 90 valence electrons. The van der Waals surface area contributed by atoms with Crippen LogP contribution in [0.2, 0.25) is 0 Å². The fraction of sp³-hybridized carbons (Fsp3) is 0.667. The minimum absolute atomic E-state index is 1.46. The maximum absolute atomic E-state index is 10.1. The molecule has 0 N–H and O–H groups in total. The summed E-state index contributed by atoms with van der Waals surface area (Å²) in [7, 11) is -11.1. The lowest BCUT2D eigenvalue weighted by atomic mass is 10.4. The van der Waals surface area contributed by atoms with Crippen LogP contribution >= 0.6 is 15.6 Å². The van der Waals surface area contributed by atoms with E-state index in [2.05, 4.69) is 9.05 Å². The van der Waals surface area contributed by atoms with Crippen LogP contribution in [-0.4, -0.2) is 18.7 Å². The molecular formula is C3H3O10P2-5. The SMILES string of the molecule is O=C([O-])C(COP(=O)([O-])[O-])OP(=O)([O-])[O-]. The highest BCUT2D eigenvalue weighted by molar-refractivity contribution is 7.43. The van der Waals surface area contributed by atoms with Crippen LogP contribution < -0.4 is 24.7 Å². The van der Waals surface area contributed by atoms with Gasteiger partial charge in [-0.25, -0.2) is 0 Å². The summed E-state index contributed by atoms with van der Waals surface area (Å²) >= 11 is 0. The van der Waals surface area contributed by atoms with E-state index >= 15 is 0 Å². The molecule has 1 unspecified atom stereocenters. The van der Waals surface area contributed by atoms with E-state index in [1.165, 1.54) is 0 Å². The first-order valence-electron chi connectivity index (χ1n) is 3.09. The Labute approximate surface area is 82.9 Å². The van der Waals surface area contributed by atoms with Gasteiger partial charge in [-0.3, -0.25) is 0 Å². The average molecular weight is 261 g/mol. The number of phosphoric acid groups is 2. The van der Waals surface area contributed by atoms with E-state index in [1.807, 2.05) is 0 Å². The van der Waals surface area contributed by atoms with Crippen molar-refractivity contribution in [3.63, 3.8) is 0 Å². The third-order valence-electron chi connectivity index (χ3n) is 0.903. The Morgan fingerprint density at radius 1 is 1.13 bits per heavy atom. The second-order valence-corrected chi connectivity index (χ2v) is 4.36. The fourth-order valence-electron chi connectivity index (χ4n) is 0.456. The lowest BCUT2D eigenvalue weighted by Gasteiger charge is -2.36. The van der Waals surface area contributed by atoms with Crippen molar-refractivity contribution in [2.24, 2.45) is 0 Å². The number of carbonyl (C=O) groups is 1. The average Bonchev–Trinajstić information content (AvgIpc) is 1.93. The second kappa shape index (κ2) is 5.15. The molecule has 0 aliphatic carbocycles. The summed E-state index contributed by atoms with van der Waals surface area (Å²) in [5.74, 6) is -2.21. The van der Waals surface area contributed by atoms with Crippen LogP contribution in [0.3, 0.4) is 0 Å². The van der Waals surface area contributed by atoms with Crippen molar-refractivity contribution in [1.82, 2.24) is 0 Å². The van der Waals surface area contributed by atoms with Gasteiger partial charge >= 0.3 is 0 Å². The third-order valence-corrected chi connectivity index (χ3v) is 1.88. The van der Waals surface area contributed by atoms with Crippen molar-refractivity contribution in [2.45, 2.75) is 6.10 Å². The summed E-state index contributed by atoms with van der Waals surface area (Å²) in [6, 6.07) is 0. The summed E-state index contributed by atoms with van der Waals surface area (Å²) in [5.41, 5.74) is 0. The van der Waals surface area contributed by atoms with Crippen LogP contribution in [0.15, 0.2) is 0 Å². The first-order valence-corrected chi connectivity index (χ1v) is 6.01. The maximum Gasteiger partial charge on any atom is 0.126 e. The highest BCUT2D eigenvalue weighted by Gasteiger charge is 2.13. The van der Waals surface area contributed by atoms with Gasteiger partial charge in [-0.1, -0.05) is 0 Å². The van der Waals surface area contributed by atoms with Gasteiger partial charge in [0.2, 0.25) is 0 Å². The van der Waals surface area contributed by atoms with E-state index in [-0.39, 0.29) is 0 Å². The number of rotatable bonds is 6. The molecule has 0 rings (SSSR count). The molecule has 0 bridgehead atoms. The Balaban J connectivity index is 4.38. The van der Waals surface area contributed by atoms with E-state index in [0.29, 0.717) is 0 Å². The molecule has 0 aliphatic heterocycles. The summed E-state index contributed by atoms with van der Waals surface area (Å²) in [4.78, 5) is 49.7. The van der Waals surface area contributed by atoms with Gasteiger partial charge < -0.3 is 47.7 Å². The number of carboxylic acids is 1. The molecule has 0 radical (unpaired) electrons. The summed E-state index contributed by atoms with van der Waals surface area (Å²) in [6.45, 7) is -1.46. The molecule has 0 heterocycles. The van der Waals surface area contributed by atoms with Crippen LogP contribution in [0.1, 0.15) is 0 Å². The molecule has 15 heavy (non-hydrogen) atoms. The minimum Gasteiger partial charge on any atom is -0.790 e. The Bertz CT molecular complexity index is 311. The molecule has 0 aromatic carbocycles. The van der Waals surface area contributed by atoms with Gasteiger partial charge in [0, 0.05) is 0 Å². The van der Waals surface area contributed by atoms with Crippen molar-refractivity contribution in [3.8, 4) is 0 Å². The minimum atomic E-state index is -5.65. The van der Waals surface area contributed by atoms with E-state index in [1.54, 1.807) is 0 Å². The standard InChI is InChI=1S/C3H8O10P2/c4-3(5)2(13-15(9,10)11)1-12-14(6,7)8/h2H,1H2,(H,4,5)(H2,6,7,8)(H2,9,10,11)/p-5. The van der Waals surface area contributed by atoms with Gasteiger partial charge in [-0.2, -0.15) is 0 Å². The van der Waals surface area contributed by atoms with Crippen molar-refractivity contribution in [2.75, 3.05) is 6.61 Å². The lowest BCUT2D eigenvalue weighted by molar-refractivity contribution is -0.359. The molecule has 0 aliphatic rings.